The minimum absolute atomic E-state index is 0. The Bertz CT molecular complexity index is 812. The van der Waals surface area contributed by atoms with Crippen LogP contribution in [0, 0.1) is 0 Å². The van der Waals surface area contributed by atoms with Crippen LogP contribution in [-0.4, -0.2) is 67.4 Å². The van der Waals surface area contributed by atoms with E-state index in [0.717, 1.165) is 50.5 Å². The number of rotatable bonds is 17. The van der Waals surface area contributed by atoms with Crippen molar-refractivity contribution in [2.75, 3.05) is 49.2 Å². The molecule has 0 bridgehead atoms. The molecule has 0 heterocycles. The van der Waals surface area contributed by atoms with Gasteiger partial charge in [0.1, 0.15) is 0 Å². The first-order chi connectivity index (χ1) is 15.0. The van der Waals surface area contributed by atoms with Crippen LogP contribution in [0.15, 0.2) is 60.7 Å². The average Bonchev–Trinajstić information content (AvgIpc) is 2.75. The zero-order chi connectivity index (χ0) is 22.2. The monoisotopic (exact) mass is 504 g/mol. The smallest absolute Gasteiger partial charge is 0.748 e. The molecule has 1 atom stereocenters. The van der Waals surface area contributed by atoms with E-state index in [4.69, 9.17) is 0 Å². The number of hydrogen-bond acceptors (Lipinski definition) is 7. The first-order valence-electron chi connectivity index (χ1n) is 10.6. The van der Waals surface area contributed by atoms with Crippen LogP contribution in [0.1, 0.15) is 11.1 Å². The molecule has 0 fully saturated rings. The minimum atomic E-state index is -4.21. The number of hydrogen-bond donors (Lipinski definition) is 2. The molecule has 0 saturated carbocycles. The van der Waals surface area contributed by atoms with Crippen molar-refractivity contribution < 1.29 is 42.5 Å². The molecule has 1 unspecified atom stereocenters. The third-order valence-electron chi connectivity index (χ3n) is 4.62. The number of benzene rings is 2. The molecule has 2 aromatic carbocycles. The van der Waals surface area contributed by atoms with Crippen molar-refractivity contribution in [1.29, 1.82) is 0 Å². The molecule has 0 aliphatic carbocycles. The Morgan fingerprint density at radius 2 is 1.28 bits per heavy atom. The SMILES string of the molecule is O=S(=O)([O-])CC(CSCCNCCc1ccccc1)SCCNCCc1ccccc1.[Na+]. The van der Waals surface area contributed by atoms with E-state index in [1.165, 1.54) is 11.1 Å². The maximum atomic E-state index is 11.2. The van der Waals surface area contributed by atoms with Crippen LogP contribution in [0.25, 0.3) is 0 Å². The quantitative estimate of drug-likeness (QED) is 0.179. The summed E-state index contributed by atoms with van der Waals surface area (Å²) < 4.78 is 33.7. The molecule has 5 nitrogen and oxygen atoms in total. The van der Waals surface area contributed by atoms with Gasteiger partial charge >= 0.3 is 29.6 Å². The van der Waals surface area contributed by atoms with E-state index >= 15 is 0 Å². The van der Waals surface area contributed by atoms with Crippen molar-refractivity contribution in [2.45, 2.75) is 18.1 Å². The fourth-order valence-corrected chi connectivity index (χ4v) is 6.75. The standard InChI is InChI=1S/C23H34N2O3S3.Na/c26-31(27,28)20-23(30-18-16-25-14-12-22-9-5-2-6-10-22)19-29-17-15-24-13-11-21-7-3-1-4-8-21;/h1-10,23-25H,11-20H2,(H,26,27,28);/q;+1/p-1. The Balaban J connectivity index is 0.00000512. The first kappa shape index (κ1) is 30.0. The van der Waals surface area contributed by atoms with Crippen LogP contribution < -0.4 is 40.2 Å². The van der Waals surface area contributed by atoms with Gasteiger partial charge in [0.05, 0.1) is 15.9 Å². The van der Waals surface area contributed by atoms with Gasteiger partial charge in [0.25, 0.3) is 0 Å². The molecule has 9 heteroatoms. The van der Waals surface area contributed by atoms with Crippen molar-refractivity contribution >= 4 is 33.6 Å². The summed E-state index contributed by atoms with van der Waals surface area (Å²) in [5.74, 6) is 2.08. The summed E-state index contributed by atoms with van der Waals surface area (Å²) >= 11 is 3.28. The summed E-state index contributed by atoms with van der Waals surface area (Å²) in [6, 6.07) is 20.7. The molecule has 2 rings (SSSR count). The molecular weight excluding hydrogens is 471 g/mol. The van der Waals surface area contributed by atoms with Gasteiger partial charge in [-0.05, 0) is 37.1 Å². The molecule has 32 heavy (non-hydrogen) atoms. The fourth-order valence-electron chi connectivity index (χ4n) is 3.03. The third kappa shape index (κ3) is 15.7. The Morgan fingerprint density at radius 1 is 0.781 bits per heavy atom. The molecule has 0 spiro atoms. The molecular formula is C23H33N2NaO3S3. The number of thioether (sulfide) groups is 2. The first-order valence-corrected chi connectivity index (χ1v) is 14.4. The molecule has 172 valence electrons. The molecule has 0 saturated heterocycles. The van der Waals surface area contributed by atoms with Gasteiger partial charge in [0, 0.05) is 35.6 Å². The van der Waals surface area contributed by atoms with E-state index in [0.29, 0.717) is 5.75 Å². The van der Waals surface area contributed by atoms with Gasteiger partial charge < -0.3 is 15.2 Å². The summed E-state index contributed by atoms with van der Waals surface area (Å²) in [5, 5.41) is 6.65. The fraction of sp³-hybridized carbons (Fsp3) is 0.478. The average molecular weight is 505 g/mol. The van der Waals surface area contributed by atoms with Crippen LogP contribution in [0.5, 0.6) is 0 Å². The maximum Gasteiger partial charge on any atom is 1.00 e. The summed E-state index contributed by atoms with van der Waals surface area (Å²) in [6.45, 7) is 3.49. The second kappa shape index (κ2) is 18.3. The zero-order valence-electron chi connectivity index (χ0n) is 18.9. The van der Waals surface area contributed by atoms with Gasteiger partial charge in [0.15, 0.2) is 0 Å². The summed E-state index contributed by atoms with van der Waals surface area (Å²) in [4.78, 5) is 0. The van der Waals surface area contributed by atoms with Crippen molar-refractivity contribution in [3.8, 4) is 0 Å². The van der Waals surface area contributed by atoms with E-state index in [1.54, 1.807) is 23.5 Å². The van der Waals surface area contributed by atoms with Crippen LogP contribution >= 0.6 is 23.5 Å². The van der Waals surface area contributed by atoms with Gasteiger partial charge in [-0.3, -0.25) is 0 Å². The van der Waals surface area contributed by atoms with Gasteiger partial charge in [-0.2, -0.15) is 23.5 Å². The Kier molecular flexibility index (Phi) is 17.2. The predicted octanol–water partition coefficient (Wildman–Crippen LogP) is 0.0352. The van der Waals surface area contributed by atoms with Crippen LogP contribution in [-0.2, 0) is 23.0 Å². The van der Waals surface area contributed by atoms with Crippen molar-refractivity contribution in [2.24, 2.45) is 0 Å². The molecule has 0 aliphatic rings. The number of nitrogens with one attached hydrogen (secondary N) is 2. The third-order valence-corrected chi connectivity index (χ3v) is 8.22. The zero-order valence-corrected chi connectivity index (χ0v) is 23.3. The maximum absolute atomic E-state index is 11.2. The van der Waals surface area contributed by atoms with Gasteiger partial charge in [-0.25, -0.2) is 8.42 Å². The van der Waals surface area contributed by atoms with Crippen LogP contribution in [0.4, 0.5) is 0 Å². The Morgan fingerprint density at radius 3 is 1.78 bits per heavy atom. The molecule has 0 aromatic heterocycles. The van der Waals surface area contributed by atoms with Crippen molar-refractivity contribution in [1.82, 2.24) is 10.6 Å². The molecule has 0 radical (unpaired) electrons. The molecule has 0 aliphatic heterocycles. The van der Waals surface area contributed by atoms with Gasteiger partial charge in [0.2, 0.25) is 0 Å². The largest absolute Gasteiger partial charge is 1.00 e. The van der Waals surface area contributed by atoms with E-state index < -0.39 is 10.1 Å². The topological polar surface area (TPSA) is 81.3 Å². The normalized spacial score (nSPS) is 12.3. The molecule has 0 amide bonds. The van der Waals surface area contributed by atoms with Crippen molar-refractivity contribution in [3.63, 3.8) is 0 Å². The summed E-state index contributed by atoms with van der Waals surface area (Å²) in [5.41, 5.74) is 2.61. The van der Waals surface area contributed by atoms with Crippen LogP contribution in [0.2, 0.25) is 0 Å². The molecule has 2 N–H and O–H groups in total. The van der Waals surface area contributed by atoms with Gasteiger partial charge in [-0.15, -0.1) is 0 Å². The second-order valence-corrected chi connectivity index (χ2v) is 11.3. The van der Waals surface area contributed by atoms with Gasteiger partial charge in [-0.1, -0.05) is 60.7 Å². The molecule has 2 aromatic rings. The Labute approximate surface area is 224 Å². The minimum Gasteiger partial charge on any atom is -0.748 e. The second-order valence-electron chi connectivity index (χ2n) is 7.26. The van der Waals surface area contributed by atoms with E-state index in [9.17, 15) is 13.0 Å². The summed E-state index contributed by atoms with van der Waals surface area (Å²) in [6.07, 6.45) is 1.96. The summed E-state index contributed by atoms with van der Waals surface area (Å²) in [7, 11) is -4.21. The van der Waals surface area contributed by atoms with E-state index in [-0.39, 0.29) is 40.6 Å². The Hall–Kier alpha value is -0.0300. The van der Waals surface area contributed by atoms with Crippen molar-refractivity contribution in [3.05, 3.63) is 71.8 Å². The van der Waals surface area contributed by atoms with Crippen LogP contribution in [0.3, 0.4) is 0 Å². The predicted molar refractivity (Wildman–Crippen MR) is 134 cm³/mol. The van der Waals surface area contributed by atoms with E-state index in [2.05, 4.69) is 34.9 Å². The van der Waals surface area contributed by atoms with E-state index in [1.807, 2.05) is 36.4 Å².